The fourth-order valence-electron chi connectivity index (χ4n) is 11.0. The summed E-state index contributed by atoms with van der Waals surface area (Å²) in [6, 6.07) is 59.2. The zero-order valence-electron chi connectivity index (χ0n) is 78.2. The fraction of sp³-hybridized carbons (Fsp3) is 0.429. The molecular formula is C105H141ClF4N10O2S. The molecular weight excluding hydrogens is 1580 g/mol. The molecule has 10 aromatic heterocycles. The maximum Gasteiger partial charge on any atom is 0.393 e. The SMILES string of the molecule is CC(C)C1CCOCC1.CC(C)c1ccc(CC(F)(F)F)cn1.CC(C)c1ccc(Cl)cn1.CC(C)c1ccc(F)cn1.CC(C)c1ccccc1.CC(C)c1ccccn1.CC(C)c1cccnc1.CC(C)c1ccncc1.CC(C)c1nc2ccccc2o1.CC(C)c1nc2ccccc2s1.Cc1cc(C(C)C)ccn1.Cc1ccc(C(C)C)cn1. The molecule has 0 unspecified atom stereocenters. The quantitative estimate of drug-likeness (QED) is 0.101. The minimum atomic E-state index is -4.15. The smallest absolute Gasteiger partial charge is 0.393 e. The van der Waals surface area contributed by atoms with E-state index in [1.54, 1.807) is 35.9 Å². The molecule has 0 N–H and O–H groups in total. The minimum absolute atomic E-state index is 0.210. The Balaban J connectivity index is 0.000000347. The second-order valence-corrected chi connectivity index (χ2v) is 35.3. The average Bonchev–Trinajstić information content (AvgIpc) is 1.70. The first-order chi connectivity index (χ1) is 58.2. The van der Waals surface area contributed by atoms with E-state index in [-0.39, 0.29) is 17.3 Å². The van der Waals surface area contributed by atoms with Gasteiger partial charge in [-0.15, -0.1) is 11.3 Å². The topological polar surface area (TPSA) is 151 Å². The molecule has 0 spiro atoms. The summed E-state index contributed by atoms with van der Waals surface area (Å²) >= 11 is 7.45. The van der Waals surface area contributed by atoms with Crippen molar-refractivity contribution in [3.05, 3.63) is 333 Å². The molecule has 664 valence electrons. The van der Waals surface area contributed by atoms with Crippen molar-refractivity contribution >= 4 is 44.3 Å². The zero-order valence-corrected chi connectivity index (χ0v) is 79.8. The van der Waals surface area contributed by atoms with Crippen molar-refractivity contribution in [3.8, 4) is 0 Å². The number of rotatable bonds is 13. The fourth-order valence-corrected chi connectivity index (χ4v) is 12.1. The largest absolute Gasteiger partial charge is 0.440 e. The number of aryl methyl sites for hydroxylation is 2. The van der Waals surface area contributed by atoms with Crippen LogP contribution in [0.2, 0.25) is 5.02 Å². The molecule has 12 nitrogen and oxygen atoms in total. The highest BCUT2D eigenvalue weighted by molar-refractivity contribution is 7.18. The van der Waals surface area contributed by atoms with Crippen molar-refractivity contribution in [3.63, 3.8) is 0 Å². The number of halogens is 5. The van der Waals surface area contributed by atoms with E-state index in [0.717, 1.165) is 81.7 Å². The zero-order chi connectivity index (χ0) is 91.6. The molecule has 18 heteroatoms. The van der Waals surface area contributed by atoms with Gasteiger partial charge in [0.25, 0.3) is 0 Å². The van der Waals surface area contributed by atoms with Gasteiger partial charge < -0.3 is 9.15 Å². The molecule has 11 heterocycles. The second-order valence-electron chi connectivity index (χ2n) is 33.8. The van der Waals surface area contributed by atoms with Crippen LogP contribution in [0.15, 0.2) is 248 Å². The number of benzene rings is 3. The summed E-state index contributed by atoms with van der Waals surface area (Å²) in [7, 11) is 0. The third-order valence-corrected chi connectivity index (χ3v) is 20.6. The van der Waals surface area contributed by atoms with Crippen LogP contribution in [0.3, 0.4) is 0 Å². The van der Waals surface area contributed by atoms with Crippen molar-refractivity contribution in [2.24, 2.45) is 11.8 Å². The van der Waals surface area contributed by atoms with Crippen LogP contribution in [-0.4, -0.2) is 69.2 Å². The molecule has 0 atom stereocenters. The Morgan fingerprint density at radius 3 is 1.28 bits per heavy atom. The lowest BCUT2D eigenvalue weighted by Crippen LogP contribution is -2.19. The molecule has 0 amide bonds. The van der Waals surface area contributed by atoms with E-state index in [1.165, 1.54) is 74.9 Å². The monoisotopic (exact) mass is 1720 g/mol. The van der Waals surface area contributed by atoms with Crippen LogP contribution in [0.25, 0.3) is 21.3 Å². The van der Waals surface area contributed by atoms with E-state index in [2.05, 4.69) is 261 Å². The summed E-state index contributed by atoms with van der Waals surface area (Å²) < 4.78 is 60.3. The third-order valence-electron chi connectivity index (χ3n) is 19.0. The average molecular weight is 1720 g/mol. The molecule has 1 saturated heterocycles. The van der Waals surface area contributed by atoms with Gasteiger partial charge in [0.05, 0.1) is 32.9 Å². The van der Waals surface area contributed by atoms with Gasteiger partial charge in [-0.25, -0.2) is 14.4 Å². The molecule has 1 aliphatic rings. The van der Waals surface area contributed by atoms with Gasteiger partial charge in [-0.05, 0) is 228 Å². The van der Waals surface area contributed by atoms with Crippen molar-refractivity contribution in [1.29, 1.82) is 0 Å². The standard InChI is InChI=1S/C10H12F3N.C10H11NO.C10H11NS.2C9H13N.C9H12.C8H10ClN.C8H10FN.3C8H11N.C8H16O/c1-7(2)9-4-3-8(6-14-9)5-10(11,12)13;2*1-7(2)10-11-8-5-3-4-6-9(8)12-10;1-7(2)9-4-5-10-8(3)6-9;1-7(2)9-5-4-8(3)10-6-9;1-8(2)9-6-4-3-5-7-9;2*1-6(2)8-4-3-7(9)5-10-8;1-7(2)8-3-5-9-6-4-8;1-7(2)8-4-3-5-9-6-8;1-7(2)8-5-3-4-6-9-8;1-7(2)8-3-5-9-6-4-8/h3-4,6-7H,5H2,1-2H3;2*3-7H,1-2H3;2*4-7H,1-3H3;3-8H,1-2H3;2*3-6H,1-2H3;3*3-7H,1-2H3;7-8H,3-6H2,1-2H3. The van der Waals surface area contributed by atoms with Gasteiger partial charge in [-0.2, -0.15) is 13.2 Å². The lowest BCUT2D eigenvalue weighted by Gasteiger charge is -2.24. The summed E-state index contributed by atoms with van der Waals surface area (Å²) in [5, 5.41) is 1.93. The highest BCUT2D eigenvalue weighted by Gasteiger charge is 2.28. The van der Waals surface area contributed by atoms with Gasteiger partial charge in [0, 0.05) is 115 Å². The minimum Gasteiger partial charge on any atom is -0.440 e. The summed E-state index contributed by atoms with van der Waals surface area (Å²) in [6.45, 7) is 57.4. The molecule has 123 heavy (non-hydrogen) atoms. The van der Waals surface area contributed by atoms with Crippen LogP contribution in [-0.2, 0) is 11.2 Å². The Morgan fingerprint density at radius 2 is 0.886 bits per heavy atom. The number of alkyl halides is 3. The Morgan fingerprint density at radius 1 is 0.382 bits per heavy atom. The molecule has 0 bridgehead atoms. The number of para-hydroxylation sites is 3. The Labute approximate surface area is 745 Å². The normalized spacial score (nSPS) is 11.6. The predicted molar refractivity (Wildman–Crippen MR) is 512 cm³/mol. The van der Waals surface area contributed by atoms with Crippen LogP contribution >= 0.6 is 22.9 Å². The van der Waals surface area contributed by atoms with Crippen LogP contribution in [0, 0.1) is 31.5 Å². The summed E-state index contributed by atoms with van der Waals surface area (Å²) in [5.74, 6) is 7.96. The number of hydrogen-bond acceptors (Lipinski definition) is 13. The second kappa shape index (κ2) is 59.1. The van der Waals surface area contributed by atoms with Crippen molar-refractivity contribution in [2.75, 3.05) is 13.2 Å². The number of nitrogens with zero attached hydrogens (tertiary/aromatic N) is 10. The molecule has 0 aliphatic carbocycles. The van der Waals surface area contributed by atoms with Gasteiger partial charge in [-0.3, -0.25) is 39.9 Å². The van der Waals surface area contributed by atoms with Gasteiger partial charge in [-0.1, -0.05) is 257 Å². The molecule has 3 aromatic carbocycles. The van der Waals surface area contributed by atoms with E-state index in [1.807, 2.05) is 164 Å². The number of ether oxygens (including phenoxy) is 1. The number of hydrogen-bond donors (Lipinski definition) is 0. The summed E-state index contributed by atoms with van der Waals surface area (Å²) in [6.07, 6.45) is 14.7. The van der Waals surface area contributed by atoms with Gasteiger partial charge >= 0.3 is 6.18 Å². The number of fused-ring (bicyclic) bond motifs is 2. The number of thiazole rings is 1. The lowest BCUT2D eigenvalue weighted by molar-refractivity contribution is -0.127. The van der Waals surface area contributed by atoms with Crippen LogP contribution in [0.1, 0.15) is 323 Å². The maximum absolute atomic E-state index is 12.3. The van der Waals surface area contributed by atoms with Crippen molar-refractivity contribution < 1.29 is 26.7 Å². The highest BCUT2D eigenvalue weighted by Crippen LogP contribution is 2.28. The van der Waals surface area contributed by atoms with Crippen LogP contribution in [0.5, 0.6) is 0 Å². The van der Waals surface area contributed by atoms with E-state index in [9.17, 15) is 17.6 Å². The highest BCUT2D eigenvalue weighted by atomic mass is 35.5. The summed E-state index contributed by atoms with van der Waals surface area (Å²) in [5.41, 5.74) is 16.1. The van der Waals surface area contributed by atoms with Gasteiger partial charge in [0.15, 0.2) is 11.5 Å². The van der Waals surface area contributed by atoms with E-state index < -0.39 is 12.6 Å². The van der Waals surface area contributed by atoms with Gasteiger partial charge in [0.1, 0.15) is 11.3 Å². The van der Waals surface area contributed by atoms with Crippen LogP contribution < -0.4 is 0 Å². The Kier molecular flexibility index (Phi) is 51.6. The Bertz CT molecular complexity index is 4370. The predicted octanol–water partition coefficient (Wildman–Crippen LogP) is 31.4. The molecule has 0 saturated carbocycles. The Hall–Kier alpha value is -9.81. The van der Waals surface area contributed by atoms with E-state index in [0.29, 0.717) is 64.2 Å². The summed E-state index contributed by atoms with van der Waals surface area (Å²) in [4.78, 5) is 41.3. The van der Waals surface area contributed by atoms with Crippen LogP contribution in [0.4, 0.5) is 17.6 Å². The number of pyridine rings is 8. The van der Waals surface area contributed by atoms with Crippen molar-refractivity contribution in [1.82, 2.24) is 49.8 Å². The number of oxazole rings is 1. The van der Waals surface area contributed by atoms with E-state index >= 15 is 0 Å². The first-order valence-corrected chi connectivity index (χ1v) is 44.6. The molecule has 14 rings (SSSR count). The third kappa shape index (κ3) is 46.5. The first-order valence-electron chi connectivity index (χ1n) is 43.4. The van der Waals surface area contributed by atoms with Gasteiger partial charge in [0.2, 0.25) is 0 Å². The van der Waals surface area contributed by atoms with E-state index in [4.69, 9.17) is 20.8 Å². The van der Waals surface area contributed by atoms with Crippen molar-refractivity contribution in [2.45, 2.75) is 271 Å². The molecule has 13 aromatic rings. The molecule has 1 fully saturated rings. The molecule has 1 aliphatic heterocycles. The maximum atomic E-state index is 12.3. The number of aromatic nitrogens is 10. The molecule has 0 radical (unpaired) electrons. The lowest BCUT2D eigenvalue weighted by atomic mass is 9.89. The first kappa shape index (κ1) is 107.